The number of benzene rings is 6. The number of hydrogen-bond acceptors (Lipinski definition) is 4. The Hall–Kier alpha value is -5.82. The van der Waals surface area contributed by atoms with Gasteiger partial charge in [0.15, 0.2) is 0 Å². The predicted octanol–water partition coefficient (Wildman–Crippen LogP) is 7.90. The van der Waals surface area contributed by atoms with Crippen LogP contribution in [0.4, 0.5) is 0 Å². The van der Waals surface area contributed by atoms with Gasteiger partial charge >= 0.3 is 0 Å². The van der Waals surface area contributed by atoms with Crippen LogP contribution in [0.15, 0.2) is 182 Å². The Morgan fingerprint density at radius 2 is 0.614 bits per heavy atom. The van der Waals surface area contributed by atoms with Crippen LogP contribution >= 0.6 is 0 Å². The number of hydrogen-bond donors (Lipinski definition) is 4. The van der Waals surface area contributed by atoms with Crippen LogP contribution in [0.25, 0.3) is 0 Å². The summed E-state index contributed by atoms with van der Waals surface area (Å²) in [6.45, 7) is 3.22. The molecule has 0 aliphatic heterocycles. The molecule has 0 spiro atoms. The minimum absolute atomic E-state index is 0.276. The van der Waals surface area contributed by atoms with Gasteiger partial charge in [0.25, 0.3) is 0 Å². The van der Waals surface area contributed by atoms with Gasteiger partial charge in [-0.2, -0.15) is 0 Å². The minimum atomic E-state index is -1.59. The second-order valence-electron chi connectivity index (χ2n) is 15.9. The van der Waals surface area contributed by atoms with Crippen LogP contribution in [-0.4, -0.2) is 45.3 Å². The molecule has 0 unspecified atom stereocenters. The molecule has 6 rings (SSSR count). The normalized spacial score (nSPS) is 13.0. The Morgan fingerprint density at radius 1 is 0.404 bits per heavy atom. The van der Waals surface area contributed by atoms with Crippen LogP contribution in [-0.2, 0) is 48.1 Å². The third-order valence-electron chi connectivity index (χ3n) is 11.0. The largest absolute Gasteiger partial charge is 0.387 e. The summed E-state index contributed by atoms with van der Waals surface area (Å²) >= 11 is 0. The third-order valence-corrected chi connectivity index (χ3v) is 11.0. The van der Waals surface area contributed by atoms with Crippen LogP contribution < -0.4 is 10.6 Å². The average Bonchev–Trinajstić information content (AvgIpc) is 3.22. The summed E-state index contributed by atoms with van der Waals surface area (Å²) in [5.41, 5.74) is 1.16. The van der Waals surface area contributed by atoms with E-state index in [1.54, 1.807) is 13.8 Å². The lowest BCUT2D eigenvalue weighted by molar-refractivity contribution is -0.145. The number of carbonyl (C=O) groups is 2. The molecule has 6 aromatic rings. The van der Waals surface area contributed by atoms with E-state index in [2.05, 4.69) is 10.6 Å². The van der Waals surface area contributed by atoms with Gasteiger partial charge in [0.05, 0.1) is 23.3 Å². The molecule has 0 fully saturated rings. The van der Waals surface area contributed by atoms with E-state index in [9.17, 15) is 19.8 Å². The molecule has 2 atom stereocenters. The highest BCUT2D eigenvalue weighted by molar-refractivity contribution is 6.04. The number of aliphatic hydroxyl groups is 2. The molecular weight excluding hydrogens is 705 g/mol. The Labute approximate surface area is 337 Å². The van der Waals surface area contributed by atoms with E-state index in [4.69, 9.17) is 0 Å². The molecule has 6 nitrogen and oxygen atoms in total. The Kier molecular flexibility index (Phi) is 13.5. The molecule has 57 heavy (non-hydrogen) atoms. The number of nitrogens with one attached hydrogen (secondary N) is 2. The molecule has 4 N–H and O–H groups in total. The molecule has 2 amide bonds. The zero-order chi connectivity index (χ0) is 40.1. The number of rotatable bonds is 18. The first-order chi connectivity index (χ1) is 27.5. The highest BCUT2D eigenvalue weighted by Gasteiger charge is 2.46. The quantitative estimate of drug-likeness (QED) is 0.0671. The topological polar surface area (TPSA) is 98.7 Å². The van der Waals surface area contributed by atoms with Gasteiger partial charge in [-0.25, -0.2) is 0 Å². The number of carbonyl (C=O) groups excluding carboxylic acids is 2. The van der Waals surface area contributed by atoms with Crippen molar-refractivity contribution in [2.24, 2.45) is 5.41 Å². The Bertz CT molecular complexity index is 1890. The molecule has 292 valence electrons. The highest BCUT2D eigenvalue weighted by Crippen LogP contribution is 2.30. The van der Waals surface area contributed by atoms with Crippen molar-refractivity contribution in [1.29, 1.82) is 0 Å². The van der Waals surface area contributed by atoms with E-state index in [1.165, 1.54) is 0 Å². The zero-order valence-corrected chi connectivity index (χ0v) is 32.9. The summed E-state index contributed by atoms with van der Waals surface area (Å²) in [7, 11) is 0. The minimum Gasteiger partial charge on any atom is -0.387 e. The lowest BCUT2D eigenvalue weighted by Crippen LogP contribution is -2.62. The van der Waals surface area contributed by atoms with Crippen molar-refractivity contribution in [2.75, 3.05) is 0 Å². The van der Waals surface area contributed by atoms with E-state index in [0.717, 1.165) is 33.4 Å². The first kappa shape index (κ1) is 40.8. The molecule has 0 aromatic heterocycles. The van der Waals surface area contributed by atoms with Crippen LogP contribution in [0.5, 0.6) is 0 Å². The standard InChI is InChI=1S/C51H54N2O4/c1-49(2,47(54)52-45(33-39-21-9-3-10-22-39)50(56,35-41-25-13-5-14-26-41)36-42-27-15-6-16-28-42)48(55)53-46(34-40-23-11-4-12-24-40)51(57,37-43-29-17-7-18-30-43)38-44-31-19-8-20-32-44/h3-32,45-46,56-57H,33-38H2,1-2H3,(H,52,54)(H,53,55)/t45-,46-/m1/s1. The van der Waals surface area contributed by atoms with Gasteiger partial charge in [-0.15, -0.1) is 0 Å². The van der Waals surface area contributed by atoms with E-state index < -0.39 is 40.5 Å². The highest BCUT2D eigenvalue weighted by atomic mass is 16.3. The van der Waals surface area contributed by atoms with Gasteiger partial charge < -0.3 is 20.8 Å². The van der Waals surface area contributed by atoms with E-state index in [-0.39, 0.29) is 25.7 Å². The molecule has 0 aliphatic rings. The Balaban J connectivity index is 1.33. The van der Waals surface area contributed by atoms with Crippen molar-refractivity contribution in [1.82, 2.24) is 10.6 Å². The zero-order valence-electron chi connectivity index (χ0n) is 32.9. The van der Waals surface area contributed by atoms with Gasteiger partial charge in [0.1, 0.15) is 5.41 Å². The van der Waals surface area contributed by atoms with Gasteiger partial charge in [0, 0.05) is 25.7 Å². The number of amides is 2. The molecular formula is C51H54N2O4. The van der Waals surface area contributed by atoms with Crippen LogP contribution in [0.1, 0.15) is 47.2 Å². The predicted molar refractivity (Wildman–Crippen MR) is 228 cm³/mol. The van der Waals surface area contributed by atoms with Crippen molar-refractivity contribution in [2.45, 2.75) is 75.7 Å². The summed E-state index contributed by atoms with van der Waals surface area (Å²) in [4.78, 5) is 29.4. The maximum atomic E-state index is 14.7. The molecule has 0 saturated heterocycles. The molecule has 0 aliphatic carbocycles. The first-order valence-electron chi connectivity index (χ1n) is 19.8. The van der Waals surface area contributed by atoms with Crippen molar-refractivity contribution in [3.63, 3.8) is 0 Å². The first-order valence-corrected chi connectivity index (χ1v) is 19.8. The maximum absolute atomic E-state index is 14.7. The lowest BCUT2D eigenvalue weighted by atomic mass is 9.77. The summed E-state index contributed by atoms with van der Waals surface area (Å²) in [5, 5.41) is 32.1. The van der Waals surface area contributed by atoms with Crippen LogP contribution in [0.2, 0.25) is 0 Å². The second-order valence-corrected chi connectivity index (χ2v) is 15.9. The van der Waals surface area contributed by atoms with Gasteiger partial charge in [-0.05, 0) is 60.1 Å². The fraction of sp³-hybridized carbons (Fsp3) is 0.255. The van der Waals surface area contributed by atoms with Crippen molar-refractivity contribution in [3.8, 4) is 0 Å². The molecule has 0 saturated carbocycles. The summed E-state index contributed by atoms with van der Waals surface area (Å²) in [5.74, 6) is -1.04. The van der Waals surface area contributed by atoms with Gasteiger partial charge in [0.2, 0.25) is 11.8 Å². The van der Waals surface area contributed by atoms with Crippen molar-refractivity contribution < 1.29 is 19.8 Å². The van der Waals surface area contributed by atoms with E-state index in [0.29, 0.717) is 12.8 Å². The molecule has 6 heteroatoms. The lowest BCUT2D eigenvalue weighted by Gasteiger charge is -2.40. The molecule has 0 heterocycles. The van der Waals surface area contributed by atoms with E-state index >= 15 is 0 Å². The molecule has 6 aromatic carbocycles. The smallest absolute Gasteiger partial charge is 0.235 e. The van der Waals surface area contributed by atoms with E-state index in [1.807, 2.05) is 182 Å². The monoisotopic (exact) mass is 758 g/mol. The van der Waals surface area contributed by atoms with Gasteiger partial charge in [-0.1, -0.05) is 182 Å². The molecule has 0 bridgehead atoms. The third kappa shape index (κ3) is 11.2. The second kappa shape index (κ2) is 18.9. The van der Waals surface area contributed by atoms with Crippen LogP contribution in [0, 0.1) is 5.41 Å². The fourth-order valence-corrected chi connectivity index (χ4v) is 7.65. The van der Waals surface area contributed by atoms with Crippen LogP contribution in [0.3, 0.4) is 0 Å². The van der Waals surface area contributed by atoms with Crippen molar-refractivity contribution >= 4 is 11.8 Å². The van der Waals surface area contributed by atoms with Crippen molar-refractivity contribution in [3.05, 3.63) is 215 Å². The summed E-state index contributed by atoms with van der Waals surface area (Å²) in [6, 6.07) is 57.2. The Morgan fingerprint density at radius 3 is 0.842 bits per heavy atom. The molecule has 0 radical (unpaired) electrons. The maximum Gasteiger partial charge on any atom is 0.235 e. The van der Waals surface area contributed by atoms with Gasteiger partial charge in [-0.3, -0.25) is 9.59 Å². The SMILES string of the molecule is CC(C)(C(=O)N[C@H](Cc1ccccc1)C(O)(Cc1ccccc1)Cc1ccccc1)C(=O)N[C@H](Cc1ccccc1)C(O)(Cc1ccccc1)Cc1ccccc1. The fourth-order valence-electron chi connectivity index (χ4n) is 7.65. The summed E-state index contributed by atoms with van der Waals surface area (Å²) in [6.07, 6.45) is 1.78. The average molecular weight is 759 g/mol. The summed E-state index contributed by atoms with van der Waals surface area (Å²) < 4.78 is 0.